The summed E-state index contributed by atoms with van der Waals surface area (Å²) < 4.78 is 0. The van der Waals surface area contributed by atoms with Crippen molar-refractivity contribution in [1.82, 2.24) is 20.4 Å². The highest BCUT2D eigenvalue weighted by molar-refractivity contribution is 14.0. The maximum atomic E-state index is 4.54. The number of hydrogen-bond acceptors (Lipinski definition) is 4. The third kappa shape index (κ3) is 6.11. The van der Waals surface area contributed by atoms with E-state index in [1.54, 1.807) is 0 Å². The van der Waals surface area contributed by atoms with Crippen molar-refractivity contribution in [3.05, 3.63) is 22.4 Å². The molecule has 0 aromatic carbocycles. The molecule has 3 fully saturated rings. The summed E-state index contributed by atoms with van der Waals surface area (Å²) in [6.45, 7) is 4.68. The number of rotatable bonds is 5. The summed E-state index contributed by atoms with van der Waals surface area (Å²) in [6.07, 6.45) is 10.8. The first kappa shape index (κ1) is 24.3. The van der Waals surface area contributed by atoms with Gasteiger partial charge in [-0.25, -0.2) is 0 Å². The maximum absolute atomic E-state index is 4.54. The molecule has 3 heterocycles. The zero-order chi connectivity index (χ0) is 20.1. The van der Waals surface area contributed by atoms with Gasteiger partial charge >= 0.3 is 0 Å². The standard InChI is InChI=1S/C23H39N5S.HI/c1-24-23(26-19-11-14-28(15-12-19)20-8-3-4-9-20)25-17-18-7-5-13-27(2)22(18)21-10-6-16-29-21;/h6,10,16,18-20,22H,3-5,7-9,11-15,17H2,1-2H3,(H2,24,25,26);1H. The van der Waals surface area contributed by atoms with Crippen molar-refractivity contribution in [2.45, 2.75) is 69.5 Å². The second kappa shape index (κ2) is 12.0. The first-order valence-electron chi connectivity index (χ1n) is 11.7. The van der Waals surface area contributed by atoms with Gasteiger partial charge in [-0.05, 0) is 69.5 Å². The van der Waals surface area contributed by atoms with Crippen LogP contribution in [0.4, 0.5) is 0 Å². The average Bonchev–Trinajstić information content (AvgIpc) is 3.46. The van der Waals surface area contributed by atoms with Gasteiger partial charge in [-0.1, -0.05) is 18.9 Å². The molecule has 4 rings (SSSR count). The zero-order valence-electron chi connectivity index (χ0n) is 18.7. The van der Waals surface area contributed by atoms with Gasteiger partial charge in [0.15, 0.2) is 5.96 Å². The number of halogens is 1. The van der Waals surface area contributed by atoms with Crippen LogP contribution in [0.3, 0.4) is 0 Å². The van der Waals surface area contributed by atoms with Crippen LogP contribution in [0.1, 0.15) is 62.3 Å². The van der Waals surface area contributed by atoms with Gasteiger partial charge in [-0.3, -0.25) is 9.89 Å². The maximum Gasteiger partial charge on any atom is 0.191 e. The van der Waals surface area contributed by atoms with Crippen molar-refractivity contribution in [1.29, 1.82) is 0 Å². The molecule has 1 aromatic rings. The van der Waals surface area contributed by atoms with Crippen molar-refractivity contribution in [3.8, 4) is 0 Å². The molecule has 1 aromatic heterocycles. The molecule has 2 saturated heterocycles. The second-order valence-electron chi connectivity index (χ2n) is 9.19. The van der Waals surface area contributed by atoms with Gasteiger partial charge < -0.3 is 15.5 Å². The van der Waals surface area contributed by atoms with Crippen LogP contribution in [0, 0.1) is 5.92 Å². The van der Waals surface area contributed by atoms with E-state index in [9.17, 15) is 0 Å². The topological polar surface area (TPSA) is 42.9 Å². The van der Waals surface area contributed by atoms with Crippen LogP contribution >= 0.6 is 35.3 Å². The molecule has 1 saturated carbocycles. The van der Waals surface area contributed by atoms with Gasteiger partial charge in [-0.15, -0.1) is 35.3 Å². The fourth-order valence-electron chi connectivity index (χ4n) is 5.68. The molecule has 7 heteroatoms. The van der Waals surface area contributed by atoms with Crippen LogP contribution in [0.25, 0.3) is 0 Å². The second-order valence-corrected chi connectivity index (χ2v) is 10.2. The molecule has 170 valence electrons. The molecule has 0 amide bonds. The monoisotopic (exact) mass is 545 g/mol. The van der Waals surface area contributed by atoms with Crippen molar-refractivity contribution in [3.63, 3.8) is 0 Å². The molecule has 2 N–H and O–H groups in total. The van der Waals surface area contributed by atoms with E-state index in [2.05, 4.69) is 50.0 Å². The highest BCUT2D eigenvalue weighted by Gasteiger charge is 2.32. The van der Waals surface area contributed by atoms with Crippen molar-refractivity contribution in [2.75, 3.05) is 40.3 Å². The average molecular weight is 546 g/mol. The summed E-state index contributed by atoms with van der Waals surface area (Å²) in [5, 5.41) is 9.60. The lowest BCUT2D eigenvalue weighted by Crippen LogP contribution is -2.51. The molecule has 0 radical (unpaired) electrons. The van der Waals surface area contributed by atoms with Crippen LogP contribution in [0.15, 0.2) is 22.5 Å². The number of hydrogen-bond donors (Lipinski definition) is 2. The Morgan fingerprint density at radius 3 is 2.53 bits per heavy atom. The van der Waals surface area contributed by atoms with Crippen molar-refractivity contribution < 1.29 is 0 Å². The fourth-order valence-corrected chi connectivity index (χ4v) is 6.66. The summed E-state index contributed by atoms with van der Waals surface area (Å²) in [7, 11) is 4.19. The lowest BCUT2D eigenvalue weighted by molar-refractivity contribution is 0.125. The summed E-state index contributed by atoms with van der Waals surface area (Å²) >= 11 is 1.90. The van der Waals surface area contributed by atoms with E-state index in [1.807, 2.05) is 18.4 Å². The number of guanidine groups is 1. The number of nitrogens with one attached hydrogen (secondary N) is 2. The Morgan fingerprint density at radius 2 is 1.87 bits per heavy atom. The van der Waals surface area contributed by atoms with Gasteiger partial charge in [0.25, 0.3) is 0 Å². The smallest absolute Gasteiger partial charge is 0.191 e. The fraction of sp³-hybridized carbons (Fsp3) is 0.783. The molecule has 2 unspecified atom stereocenters. The zero-order valence-corrected chi connectivity index (χ0v) is 21.8. The Kier molecular flexibility index (Phi) is 9.72. The molecule has 3 aliphatic rings. The van der Waals surface area contributed by atoms with Crippen molar-refractivity contribution in [2.24, 2.45) is 10.9 Å². The predicted molar refractivity (Wildman–Crippen MR) is 139 cm³/mol. The quantitative estimate of drug-likeness (QED) is 0.329. The normalized spacial score (nSPS) is 27.7. The highest BCUT2D eigenvalue weighted by atomic mass is 127. The highest BCUT2D eigenvalue weighted by Crippen LogP contribution is 2.36. The molecular weight excluding hydrogens is 505 g/mol. The van der Waals surface area contributed by atoms with E-state index >= 15 is 0 Å². The van der Waals surface area contributed by atoms with Gasteiger partial charge in [0.1, 0.15) is 0 Å². The molecule has 0 spiro atoms. The molecule has 30 heavy (non-hydrogen) atoms. The Morgan fingerprint density at radius 1 is 1.10 bits per heavy atom. The Labute approximate surface area is 204 Å². The first-order chi connectivity index (χ1) is 14.2. The first-order valence-corrected chi connectivity index (χ1v) is 12.6. The third-order valence-corrected chi connectivity index (χ3v) is 8.25. The molecule has 1 aliphatic carbocycles. The number of aliphatic imine (C=N–C) groups is 1. The van der Waals surface area contributed by atoms with Crippen LogP contribution in [0.2, 0.25) is 0 Å². The lowest BCUT2D eigenvalue weighted by Gasteiger charge is -2.39. The minimum Gasteiger partial charge on any atom is -0.356 e. The van der Waals surface area contributed by atoms with Crippen molar-refractivity contribution >= 4 is 41.3 Å². The lowest BCUT2D eigenvalue weighted by atomic mass is 9.88. The Bertz CT molecular complexity index is 638. The summed E-state index contributed by atoms with van der Waals surface area (Å²) in [4.78, 5) is 11.3. The van der Waals surface area contributed by atoms with E-state index in [0.29, 0.717) is 18.0 Å². The number of likely N-dealkylation sites (tertiary alicyclic amines) is 2. The number of nitrogens with zero attached hydrogens (tertiary/aromatic N) is 3. The minimum atomic E-state index is 0. The largest absolute Gasteiger partial charge is 0.356 e. The summed E-state index contributed by atoms with van der Waals surface area (Å²) in [5.41, 5.74) is 0. The van der Waals surface area contributed by atoms with Crippen LogP contribution in [0.5, 0.6) is 0 Å². The van der Waals surface area contributed by atoms with E-state index in [-0.39, 0.29) is 24.0 Å². The molecule has 0 bridgehead atoms. The molecule has 2 aliphatic heterocycles. The van der Waals surface area contributed by atoms with E-state index in [4.69, 9.17) is 0 Å². The Hall–Kier alpha value is -0.380. The van der Waals surface area contributed by atoms with Crippen LogP contribution in [-0.4, -0.2) is 68.1 Å². The van der Waals surface area contributed by atoms with Crippen LogP contribution < -0.4 is 10.6 Å². The number of thiophene rings is 1. The SMILES string of the molecule is CN=C(NCC1CCCN(C)C1c1cccs1)NC1CCN(C2CCCC2)CC1.I. The summed E-state index contributed by atoms with van der Waals surface area (Å²) in [6, 6.07) is 6.44. The molecular formula is C23H40IN5S. The van der Waals surface area contributed by atoms with Gasteiger partial charge in [0.05, 0.1) is 0 Å². The molecule has 5 nitrogen and oxygen atoms in total. The third-order valence-electron chi connectivity index (χ3n) is 7.31. The molecule has 2 atom stereocenters. The van der Waals surface area contributed by atoms with Crippen LogP contribution in [-0.2, 0) is 0 Å². The van der Waals surface area contributed by atoms with E-state index in [0.717, 1.165) is 18.5 Å². The van der Waals surface area contributed by atoms with Gasteiger partial charge in [0.2, 0.25) is 0 Å². The van der Waals surface area contributed by atoms with E-state index in [1.165, 1.54) is 75.9 Å². The Balaban J connectivity index is 0.00000256. The predicted octanol–water partition coefficient (Wildman–Crippen LogP) is 4.32. The van der Waals surface area contributed by atoms with Gasteiger partial charge in [0, 0.05) is 49.7 Å². The number of piperidine rings is 2. The van der Waals surface area contributed by atoms with Gasteiger partial charge in [-0.2, -0.15) is 0 Å². The summed E-state index contributed by atoms with van der Waals surface area (Å²) in [5.74, 6) is 1.62. The van der Waals surface area contributed by atoms with E-state index < -0.39 is 0 Å². The minimum absolute atomic E-state index is 0.